The Hall–Kier alpha value is -1.09. The van der Waals surface area contributed by atoms with Crippen LogP contribution in [0, 0.1) is 0 Å². The van der Waals surface area contributed by atoms with Crippen molar-refractivity contribution in [3.05, 3.63) is 18.2 Å². The van der Waals surface area contributed by atoms with Crippen LogP contribution in [0.25, 0.3) is 11.0 Å². The highest BCUT2D eigenvalue weighted by Crippen LogP contribution is 2.27. The second kappa shape index (κ2) is 5.36. The molecule has 108 valence electrons. The van der Waals surface area contributed by atoms with Crippen LogP contribution in [-0.2, 0) is 10.0 Å². The first-order valence-electron chi connectivity index (χ1n) is 6.59. The van der Waals surface area contributed by atoms with Crippen molar-refractivity contribution in [3.63, 3.8) is 0 Å². The number of fused-ring (bicyclic) bond motifs is 1. The molecule has 0 spiro atoms. The van der Waals surface area contributed by atoms with E-state index in [1.165, 1.54) is 4.31 Å². The van der Waals surface area contributed by atoms with Crippen LogP contribution < -0.4 is 5.73 Å². The molecule has 2 aromatic rings. The molecule has 0 radical (unpaired) electrons. The van der Waals surface area contributed by atoms with Crippen LogP contribution in [0.3, 0.4) is 0 Å². The van der Waals surface area contributed by atoms with E-state index in [0.29, 0.717) is 24.0 Å². The summed E-state index contributed by atoms with van der Waals surface area (Å²) in [5.74, 6) is 0. The van der Waals surface area contributed by atoms with Crippen molar-refractivity contribution < 1.29 is 8.42 Å². The van der Waals surface area contributed by atoms with E-state index >= 15 is 0 Å². The van der Waals surface area contributed by atoms with Gasteiger partial charge in [0.2, 0.25) is 10.0 Å². The van der Waals surface area contributed by atoms with Gasteiger partial charge in [0, 0.05) is 6.54 Å². The zero-order chi connectivity index (χ0) is 14.2. The lowest BCUT2D eigenvalue weighted by Crippen LogP contribution is -2.45. The molecule has 0 bridgehead atoms. The molecule has 2 heterocycles. The normalized spacial score (nSPS) is 21.9. The van der Waals surface area contributed by atoms with Gasteiger partial charge < -0.3 is 5.73 Å². The van der Waals surface area contributed by atoms with Gasteiger partial charge in [-0.05, 0) is 25.0 Å². The van der Waals surface area contributed by atoms with Crippen LogP contribution in [0.4, 0.5) is 0 Å². The molecule has 3 rings (SSSR count). The molecular formula is C12H16N4O2S2. The van der Waals surface area contributed by atoms with Gasteiger partial charge in [-0.1, -0.05) is 18.9 Å². The van der Waals surface area contributed by atoms with Crippen molar-refractivity contribution in [1.82, 2.24) is 13.1 Å². The van der Waals surface area contributed by atoms with Crippen LogP contribution >= 0.6 is 11.7 Å². The highest BCUT2D eigenvalue weighted by molar-refractivity contribution is 7.89. The number of benzene rings is 1. The van der Waals surface area contributed by atoms with Crippen molar-refractivity contribution in [2.75, 3.05) is 6.54 Å². The molecule has 1 saturated heterocycles. The van der Waals surface area contributed by atoms with Crippen molar-refractivity contribution in [2.24, 2.45) is 5.73 Å². The van der Waals surface area contributed by atoms with Gasteiger partial charge in [0.25, 0.3) is 0 Å². The summed E-state index contributed by atoms with van der Waals surface area (Å²) in [6.07, 6.45) is 3.07. The number of sulfonamides is 1. The van der Waals surface area contributed by atoms with E-state index < -0.39 is 16.2 Å². The predicted octanol–water partition coefficient (Wildman–Crippen LogP) is 1.54. The van der Waals surface area contributed by atoms with Gasteiger partial charge in [0.05, 0.1) is 17.9 Å². The number of hydrogen-bond donors (Lipinski definition) is 1. The zero-order valence-corrected chi connectivity index (χ0v) is 12.5. The summed E-state index contributed by atoms with van der Waals surface area (Å²) < 4.78 is 35.3. The fourth-order valence-electron chi connectivity index (χ4n) is 2.52. The fraction of sp³-hybridized carbons (Fsp3) is 0.500. The van der Waals surface area contributed by atoms with Crippen LogP contribution in [0.15, 0.2) is 23.1 Å². The third kappa shape index (κ3) is 2.32. The number of nitrogens with two attached hydrogens (primary N) is 1. The lowest BCUT2D eigenvalue weighted by atomic mass is 10.2. The molecule has 1 atom stereocenters. The molecule has 0 amide bonds. The number of rotatable bonds is 2. The van der Waals surface area contributed by atoms with Crippen LogP contribution in [0.5, 0.6) is 0 Å². The Morgan fingerprint density at radius 3 is 2.95 bits per heavy atom. The minimum atomic E-state index is -3.62. The molecule has 0 saturated carbocycles. The van der Waals surface area contributed by atoms with E-state index in [9.17, 15) is 8.42 Å². The molecule has 6 nitrogen and oxygen atoms in total. The minimum Gasteiger partial charge on any atom is -0.315 e. The van der Waals surface area contributed by atoms with Crippen LogP contribution in [0.2, 0.25) is 0 Å². The first-order chi connectivity index (χ1) is 9.60. The Kier molecular flexibility index (Phi) is 3.72. The van der Waals surface area contributed by atoms with Gasteiger partial charge >= 0.3 is 0 Å². The van der Waals surface area contributed by atoms with Gasteiger partial charge in [-0.25, -0.2) is 8.42 Å². The SMILES string of the molecule is NC1CCCCCN1S(=O)(=O)c1cccc2nsnc12. The second-order valence-corrected chi connectivity index (χ2v) is 7.31. The van der Waals surface area contributed by atoms with E-state index in [2.05, 4.69) is 8.75 Å². The average molecular weight is 312 g/mol. The van der Waals surface area contributed by atoms with Crippen LogP contribution in [-0.4, -0.2) is 34.2 Å². The molecule has 1 unspecified atom stereocenters. The second-order valence-electron chi connectivity index (χ2n) is 4.92. The van der Waals surface area contributed by atoms with Crippen LogP contribution in [0.1, 0.15) is 25.7 Å². The largest absolute Gasteiger partial charge is 0.315 e. The standard InChI is InChI=1S/C12H16N4O2S2/c13-11-7-2-1-3-8-16(11)20(17,18)10-6-4-5-9-12(10)15-19-14-9/h4-6,11H,1-3,7-8,13H2. The van der Waals surface area contributed by atoms with Crippen molar-refractivity contribution >= 4 is 32.8 Å². The first-order valence-corrected chi connectivity index (χ1v) is 8.76. The van der Waals surface area contributed by atoms with E-state index in [4.69, 9.17) is 5.73 Å². The smallest absolute Gasteiger partial charge is 0.246 e. The molecular weight excluding hydrogens is 296 g/mol. The molecule has 1 aromatic heterocycles. The molecule has 1 fully saturated rings. The Labute approximate surface area is 122 Å². The summed E-state index contributed by atoms with van der Waals surface area (Å²) in [6.45, 7) is 0.470. The molecule has 2 N–H and O–H groups in total. The molecule has 8 heteroatoms. The van der Waals surface area contributed by atoms with Crippen molar-refractivity contribution in [3.8, 4) is 0 Å². The summed E-state index contributed by atoms with van der Waals surface area (Å²) in [5.41, 5.74) is 7.08. The quantitative estimate of drug-likeness (QED) is 0.908. The predicted molar refractivity (Wildman–Crippen MR) is 77.8 cm³/mol. The average Bonchev–Trinajstić information content (AvgIpc) is 2.79. The van der Waals surface area contributed by atoms with Gasteiger partial charge in [0.15, 0.2) is 0 Å². The van der Waals surface area contributed by atoms with E-state index in [-0.39, 0.29) is 4.90 Å². The summed E-state index contributed by atoms with van der Waals surface area (Å²) in [7, 11) is -3.62. The van der Waals surface area contributed by atoms with E-state index in [1.807, 2.05) is 0 Å². The van der Waals surface area contributed by atoms with Gasteiger partial charge in [-0.2, -0.15) is 13.1 Å². The maximum atomic E-state index is 12.8. The Morgan fingerprint density at radius 1 is 1.25 bits per heavy atom. The highest BCUT2D eigenvalue weighted by Gasteiger charge is 2.32. The van der Waals surface area contributed by atoms with Crippen molar-refractivity contribution in [2.45, 2.75) is 36.7 Å². The monoisotopic (exact) mass is 312 g/mol. The van der Waals surface area contributed by atoms with Gasteiger partial charge in [-0.3, -0.25) is 0 Å². The zero-order valence-electron chi connectivity index (χ0n) is 10.9. The summed E-state index contributed by atoms with van der Waals surface area (Å²) in [4.78, 5) is 0.209. The minimum absolute atomic E-state index is 0.209. The molecule has 1 aromatic carbocycles. The number of nitrogens with zero attached hydrogens (tertiary/aromatic N) is 3. The third-order valence-electron chi connectivity index (χ3n) is 3.58. The first kappa shape index (κ1) is 13.9. The number of aromatic nitrogens is 2. The van der Waals surface area contributed by atoms with E-state index in [0.717, 1.165) is 31.0 Å². The summed E-state index contributed by atoms with van der Waals surface area (Å²) in [6, 6.07) is 5.04. The Bertz CT molecular complexity index is 713. The molecule has 20 heavy (non-hydrogen) atoms. The third-order valence-corrected chi connectivity index (χ3v) is 6.08. The maximum absolute atomic E-state index is 12.8. The maximum Gasteiger partial charge on any atom is 0.246 e. The lowest BCUT2D eigenvalue weighted by Gasteiger charge is -2.25. The number of hydrogen-bond acceptors (Lipinski definition) is 6. The van der Waals surface area contributed by atoms with Gasteiger partial charge in [0.1, 0.15) is 15.9 Å². The van der Waals surface area contributed by atoms with Gasteiger partial charge in [-0.15, -0.1) is 0 Å². The Morgan fingerprint density at radius 2 is 2.10 bits per heavy atom. The Balaban J connectivity index is 2.09. The lowest BCUT2D eigenvalue weighted by molar-refractivity contribution is 0.330. The summed E-state index contributed by atoms with van der Waals surface area (Å²) in [5, 5.41) is 0. The fourth-order valence-corrected chi connectivity index (χ4v) is 4.86. The van der Waals surface area contributed by atoms with Crippen molar-refractivity contribution in [1.29, 1.82) is 0 Å². The topological polar surface area (TPSA) is 89.2 Å². The summed E-state index contributed by atoms with van der Waals surface area (Å²) >= 11 is 1.02. The van der Waals surface area contributed by atoms with E-state index in [1.54, 1.807) is 18.2 Å². The molecule has 0 aliphatic carbocycles. The molecule has 1 aliphatic heterocycles. The molecule has 1 aliphatic rings. The highest BCUT2D eigenvalue weighted by atomic mass is 32.2.